The van der Waals surface area contributed by atoms with E-state index in [1.807, 2.05) is 6.92 Å². The van der Waals surface area contributed by atoms with Crippen LogP contribution in [-0.4, -0.2) is 9.97 Å². The summed E-state index contributed by atoms with van der Waals surface area (Å²) in [7, 11) is 0. The molecule has 0 aliphatic carbocycles. The van der Waals surface area contributed by atoms with Gasteiger partial charge in [-0.2, -0.15) is 4.98 Å². The molecule has 2 N–H and O–H groups in total. The number of hydrogen-bond acceptors (Lipinski definition) is 4. The van der Waals surface area contributed by atoms with E-state index in [0.717, 1.165) is 23.4 Å². The molecule has 0 aliphatic rings. The molecule has 26 heavy (non-hydrogen) atoms. The second-order valence-corrected chi connectivity index (χ2v) is 6.09. The lowest BCUT2D eigenvalue weighted by molar-refractivity contribution is 0.449. The normalized spacial score (nSPS) is 10.7. The fraction of sp³-hybridized carbons (Fsp3) is 0.111. The van der Waals surface area contributed by atoms with Crippen molar-refractivity contribution >= 4 is 34.7 Å². The number of hydrogen-bond donors (Lipinski definition) is 2. The number of anilines is 4. The Morgan fingerprint density at radius 3 is 2.31 bits per heavy atom. The van der Waals surface area contributed by atoms with Gasteiger partial charge in [-0.15, -0.1) is 0 Å². The van der Waals surface area contributed by atoms with Gasteiger partial charge >= 0.3 is 0 Å². The topological polar surface area (TPSA) is 49.8 Å². The molecule has 0 spiro atoms. The van der Waals surface area contributed by atoms with Gasteiger partial charge in [-0.1, -0.05) is 11.6 Å². The Morgan fingerprint density at radius 1 is 0.846 bits per heavy atom. The third-order valence-corrected chi connectivity index (χ3v) is 3.82. The van der Waals surface area contributed by atoms with Crippen LogP contribution in [0.25, 0.3) is 0 Å². The van der Waals surface area contributed by atoms with Gasteiger partial charge in [0.05, 0.1) is 5.69 Å². The van der Waals surface area contributed by atoms with Crippen LogP contribution >= 0.6 is 11.6 Å². The largest absolute Gasteiger partial charge is 0.338 e. The molecule has 0 atom stereocenters. The van der Waals surface area contributed by atoms with Crippen LogP contribution in [-0.2, 0) is 0 Å². The van der Waals surface area contributed by atoms with E-state index in [4.69, 9.17) is 11.6 Å². The molecule has 3 aromatic rings. The van der Waals surface area contributed by atoms with Crippen LogP contribution in [0.3, 0.4) is 0 Å². The predicted molar refractivity (Wildman–Crippen MR) is 95.8 cm³/mol. The molecular formula is C18H14ClF3N4. The van der Waals surface area contributed by atoms with Crippen molar-refractivity contribution in [2.45, 2.75) is 13.8 Å². The number of rotatable bonds is 4. The Labute approximate surface area is 153 Å². The minimum atomic E-state index is -1.55. The monoisotopic (exact) mass is 378 g/mol. The van der Waals surface area contributed by atoms with E-state index in [2.05, 4.69) is 20.6 Å². The first-order chi connectivity index (χ1) is 12.3. The summed E-state index contributed by atoms with van der Waals surface area (Å²) in [4.78, 5) is 8.50. The molecule has 0 aliphatic heterocycles. The summed E-state index contributed by atoms with van der Waals surface area (Å²) in [5, 5.41) is 6.30. The smallest absolute Gasteiger partial charge is 0.229 e. The van der Waals surface area contributed by atoms with Gasteiger partial charge in [-0.05, 0) is 49.7 Å². The molecule has 3 rings (SSSR count). The molecule has 4 nitrogen and oxygen atoms in total. The Balaban J connectivity index is 1.89. The summed E-state index contributed by atoms with van der Waals surface area (Å²) in [5.41, 5.74) is 2.02. The summed E-state index contributed by atoms with van der Waals surface area (Å²) in [6.07, 6.45) is 0. The Morgan fingerprint density at radius 2 is 1.58 bits per heavy atom. The van der Waals surface area contributed by atoms with E-state index in [9.17, 15) is 13.2 Å². The first kappa shape index (κ1) is 18.0. The summed E-state index contributed by atoms with van der Waals surface area (Å²) in [6.45, 7) is 3.61. The van der Waals surface area contributed by atoms with Crippen LogP contribution in [0.2, 0.25) is 5.02 Å². The van der Waals surface area contributed by atoms with E-state index >= 15 is 0 Å². The zero-order valence-corrected chi connectivity index (χ0v) is 14.6. The van der Waals surface area contributed by atoms with Crippen LogP contribution in [0.1, 0.15) is 11.3 Å². The average molecular weight is 379 g/mol. The maximum atomic E-state index is 13.8. The van der Waals surface area contributed by atoms with E-state index < -0.39 is 17.5 Å². The van der Waals surface area contributed by atoms with E-state index in [0.29, 0.717) is 10.7 Å². The van der Waals surface area contributed by atoms with Crippen molar-refractivity contribution in [2.24, 2.45) is 0 Å². The quantitative estimate of drug-likeness (QED) is 0.576. The van der Waals surface area contributed by atoms with Gasteiger partial charge < -0.3 is 10.6 Å². The van der Waals surface area contributed by atoms with Crippen molar-refractivity contribution in [1.29, 1.82) is 0 Å². The zero-order chi connectivity index (χ0) is 18.8. The number of aromatic nitrogens is 2. The summed E-state index contributed by atoms with van der Waals surface area (Å²) < 4.78 is 40.3. The second-order valence-electron chi connectivity index (χ2n) is 5.65. The van der Waals surface area contributed by atoms with Gasteiger partial charge in [-0.25, -0.2) is 18.2 Å². The highest BCUT2D eigenvalue weighted by atomic mass is 35.5. The Bertz CT molecular complexity index is 979. The summed E-state index contributed by atoms with van der Waals surface area (Å²) in [5.74, 6) is -3.62. The summed E-state index contributed by atoms with van der Waals surface area (Å²) >= 11 is 5.94. The fourth-order valence-electron chi connectivity index (χ4n) is 2.34. The number of nitrogens with one attached hydrogen (secondary N) is 2. The highest BCUT2D eigenvalue weighted by Crippen LogP contribution is 2.25. The Hall–Kier alpha value is -2.80. The van der Waals surface area contributed by atoms with E-state index in [1.165, 1.54) is 0 Å². The van der Waals surface area contributed by atoms with Crippen LogP contribution in [0, 0.1) is 31.3 Å². The molecule has 0 saturated carbocycles. The molecule has 0 amide bonds. The zero-order valence-electron chi connectivity index (χ0n) is 13.9. The van der Waals surface area contributed by atoms with Crippen molar-refractivity contribution in [3.05, 3.63) is 70.1 Å². The van der Waals surface area contributed by atoms with Crippen molar-refractivity contribution in [2.75, 3.05) is 10.6 Å². The molecule has 1 aromatic heterocycles. The van der Waals surface area contributed by atoms with Gasteiger partial charge in [0.25, 0.3) is 0 Å². The molecular weight excluding hydrogens is 365 g/mol. The van der Waals surface area contributed by atoms with Crippen molar-refractivity contribution in [3.8, 4) is 0 Å². The molecule has 134 valence electrons. The first-order valence-electron chi connectivity index (χ1n) is 7.63. The minimum absolute atomic E-state index is 0.226. The first-order valence-corrected chi connectivity index (χ1v) is 8.00. The average Bonchev–Trinajstić information content (AvgIpc) is 2.57. The molecule has 1 heterocycles. The maximum Gasteiger partial charge on any atom is 0.229 e. The third kappa shape index (κ3) is 3.88. The number of benzene rings is 2. The molecule has 0 bridgehead atoms. The molecule has 8 heteroatoms. The van der Waals surface area contributed by atoms with Gasteiger partial charge in [0, 0.05) is 22.5 Å². The second kappa shape index (κ2) is 7.21. The van der Waals surface area contributed by atoms with Crippen LogP contribution in [0.15, 0.2) is 36.4 Å². The SMILES string of the molecule is Cc1cc(Nc2ccc(F)c(F)c2F)nc(Nc2ccc(Cl)cc2C)n1. The molecule has 0 unspecified atom stereocenters. The van der Waals surface area contributed by atoms with Crippen molar-refractivity contribution in [3.63, 3.8) is 0 Å². The molecule has 0 saturated heterocycles. The van der Waals surface area contributed by atoms with Gasteiger partial charge in [0.2, 0.25) is 5.95 Å². The lowest BCUT2D eigenvalue weighted by Crippen LogP contribution is -2.05. The van der Waals surface area contributed by atoms with E-state index in [1.54, 1.807) is 31.2 Å². The van der Waals surface area contributed by atoms with Crippen LogP contribution in [0.5, 0.6) is 0 Å². The van der Waals surface area contributed by atoms with E-state index in [-0.39, 0.29) is 17.5 Å². The maximum absolute atomic E-state index is 13.8. The lowest BCUT2D eigenvalue weighted by atomic mass is 10.2. The number of halogens is 4. The third-order valence-electron chi connectivity index (χ3n) is 3.59. The Kier molecular flexibility index (Phi) is 4.99. The number of aryl methyl sites for hydroxylation is 2. The van der Waals surface area contributed by atoms with Crippen LogP contribution < -0.4 is 10.6 Å². The van der Waals surface area contributed by atoms with Gasteiger partial charge in [-0.3, -0.25) is 0 Å². The predicted octanol–water partition coefficient (Wildman–Crippen LogP) is 5.65. The lowest BCUT2D eigenvalue weighted by Gasteiger charge is -2.12. The molecule has 2 aromatic carbocycles. The van der Waals surface area contributed by atoms with Crippen LogP contribution in [0.4, 0.5) is 36.3 Å². The minimum Gasteiger partial charge on any atom is -0.338 e. The highest BCUT2D eigenvalue weighted by molar-refractivity contribution is 6.30. The van der Waals surface area contributed by atoms with Crippen molar-refractivity contribution in [1.82, 2.24) is 9.97 Å². The summed E-state index contributed by atoms with van der Waals surface area (Å²) in [6, 6.07) is 8.79. The number of nitrogens with zero attached hydrogens (tertiary/aromatic N) is 2. The molecule has 0 fully saturated rings. The fourth-order valence-corrected chi connectivity index (χ4v) is 2.56. The van der Waals surface area contributed by atoms with Gasteiger partial charge in [0.15, 0.2) is 17.5 Å². The van der Waals surface area contributed by atoms with Crippen molar-refractivity contribution < 1.29 is 13.2 Å². The van der Waals surface area contributed by atoms with Gasteiger partial charge in [0.1, 0.15) is 5.82 Å². The standard InChI is InChI=1S/C18H14ClF3N4/c1-9-7-11(19)3-5-13(9)25-18-23-10(2)8-15(26-18)24-14-6-4-12(20)16(21)17(14)22/h3-8H,1-2H3,(H2,23,24,25,26). The molecule has 0 radical (unpaired) electrons. The highest BCUT2D eigenvalue weighted by Gasteiger charge is 2.14.